The molecule has 1 aromatic heterocycles. The van der Waals surface area contributed by atoms with Crippen molar-refractivity contribution in [3.05, 3.63) is 30.0 Å². The van der Waals surface area contributed by atoms with Crippen LogP contribution in [0.25, 0.3) is 10.9 Å². The maximum Gasteiger partial charge on any atom is 0.188 e. The molecule has 0 saturated carbocycles. The molecule has 20 heavy (non-hydrogen) atoms. The molecule has 0 amide bonds. The van der Waals surface area contributed by atoms with Gasteiger partial charge in [0.2, 0.25) is 0 Å². The van der Waals surface area contributed by atoms with E-state index in [0.717, 1.165) is 33.9 Å². The number of para-hydroxylation sites is 1. The van der Waals surface area contributed by atoms with Gasteiger partial charge in [-0.3, -0.25) is 0 Å². The largest absolute Gasteiger partial charge is 0.382 e. The number of rotatable bonds is 6. The zero-order chi connectivity index (χ0) is 14.6. The monoisotopic (exact) mass is 291 g/mol. The number of hydrogen-bond donors (Lipinski definition) is 1. The molecule has 1 atom stereocenters. The van der Waals surface area contributed by atoms with E-state index in [4.69, 9.17) is 15.5 Å². The highest BCUT2D eigenvalue weighted by Gasteiger charge is 2.29. The van der Waals surface area contributed by atoms with Crippen LogP contribution >= 0.6 is 11.8 Å². The number of aromatic nitrogens is 2. The zero-order valence-electron chi connectivity index (χ0n) is 12.2. The summed E-state index contributed by atoms with van der Waals surface area (Å²) in [6.07, 6.45) is 0.762. The first kappa shape index (κ1) is 15.2. The van der Waals surface area contributed by atoms with Crippen molar-refractivity contribution in [1.29, 1.82) is 0 Å². The van der Waals surface area contributed by atoms with Crippen molar-refractivity contribution in [3.63, 3.8) is 0 Å². The maximum atomic E-state index is 6.54. The minimum atomic E-state index is -0.583. The van der Waals surface area contributed by atoms with Gasteiger partial charge in [0.1, 0.15) is 0 Å². The van der Waals surface area contributed by atoms with Crippen LogP contribution in [-0.4, -0.2) is 29.4 Å². The molecular formula is C15H21N3OS. The third-order valence-electron chi connectivity index (χ3n) is 3.36. The number of nitrogens with two attached hydrogens (primary N) is 1. The van der Waals surface area contributed by atoms with E-state index in [1.807, 2.05) is 24.3 Å². The summed E-state index contributed by atoms with van der Waals surface area (Å²) < 4.78 is 5.31. The number of ether oxygens (including phenoxy) is 1. The summed E-state index contributed by atoms with van der Waals surface area (Å²) in [5.41, 5.74) is 7.77. The Morgan fingerprint density at radius 2 is 2.00 bits per heavy atom. The average molecular weight is 291 g/mol. The zero-order valence-corrected chi connectivity index (χ0v) is 13.0. The minimum absolute atomic E-state index is 0.445. The standard InChI is InChI=1S/C15H21N3OS/c1-4-15(16,10-19-3)13-11-8-6-7-9-12(11)17-14(18-13)20-5-2/h6-9H,4-5,10,16H2,1-3H3. The first-order chi connectivity index (χ1) is 9.64. The van der Waals surface area contributed by atoms with Gasteiger partial charge in [-0.25, -0.2) is 9.97 Å². The van der Waals surface area contributed by atoms with E-state index in [9.17, 15) is 0 Å². The summed E-state index contributed by atoms with van der Waals surface area (Å²) in [4.78, 5) is 9.29. The van der Waals surface area contributed by atoms with E-state index in [1.54, 1.807) is 18.9 Å². The number of fused-ring (bicyclic) bond motifs is 1. The molecule has 0 radical (unpaired) electrons. The Hall–Kier alpha value is -1.17. The molecule has 0 spiro atoms. The Bertz CT molecular complexity index is 590. The SMILES string of the molecule is CCSc1nc(C(N)(CC)COC)c2ccccc2n1. The molecule has 2 N–H and O–H groups in total. The predicted molar refractivity (Wildman–Crippen MR) is 84.0 cm³/mol. The second-order valence-electron chi connectivity index (χ2n) is 4.75. The van der Waals surface area contributed by atoms with E-state index in [1.165, 1.54) is 0 Å². The van der Waals surface area contributed by atoms with Gasteiger partial charge < -0.3 is 10.5 Å². The topological polar surface area (TPSA) is 61.0 Å². The van der Waals surface area contributed by atoms with Gasteiger partial charge in [-0.15, -0.1) is 0 Å². The lowest BCUT2D eigenvalue weighted by atomic mass is 9.91. The van der Waals surface area contributed by atoms with Crippen molar-refractivity contribution in [3.8, 4) is 0 Å². The van der Waals surface area contributed by atoms with Crippen molar-refractivity contribution in [1.82, 2.24) is 9.97 Å². The predicted octanol–water partition coefficient (Wildman–Crippen LogP) is 2.95. The van der Waals surface area contributed by atoms with E-state index in [0.29, 0.717) is 6.61 Å². The highest BCUT2D eigenvalue weighted by Crippen LogP contribution is 2.29. The second-order valence-corrected chi connectivity index (χ2v) is 5.98. The van der Waals surface area contributed by atoms with Gasteiger partial charge in [0.25, 0.3) is 0 Å². The highest BCUT2D eigenvalue weighted by molar-refractivity contribution is 7.99. The molecule has 1 aromatic carbocycles. The van der Waals surface area contributed by atoms with Gasteiger partial charge in [0, 0.05) is 12.5 Å². The van der Waals surface area contributed by atoms with Crippen LogP contribution in [0.4, 0.5) is 0 Å². The lowest BCUT2D eigenvalue weighted by molar-refractivity contribution is 0.127. The molecule has 0 aliphatic rings. The van der Waals surface area contributed by atoms with Crippen molar-refractivity contribution >= 4 is 22.7 Å². The van der Waals surface area contributed by atoms with E-state index >= 15 is 0 Å². The first-order valence-electron chi connectivity index (χ1n) is 6.82. The molecule has 2 aromatic rings. The molecule has 4 nitrogen and oxygen atoms in total. The maximum absolute atomic E-state index is 6.54. The van der Waals surface area contributed by atoms with E-state index in [2.05, 4.69) is 18.8 Å². The number of methoxy groups -OCH3 is 1. The first-order valence-corrected chi connectivity index (χ1v) is 7.81. The van der Waals surface area contributed by atoms with Gasteiger partial charge >= 0.3 is 0 Å². The summed E-state index contributed by atoms with van der Waals surface area (Å²) in [5, 5.41) is 1.79. The molecular weight excluding hydrogens is 270 g/mol. The molecule has 2 rings (SSSR count). The molecule has 0 fully saturated rings. The molecule has 1 unspecified atom stereocenters. The van der Waals surface area contributed by atoms with Gasteiger partial charge in [-0.2, -0.15) is 0 Å². The third-order valence-corrected chi connectivity index (χ3v) is 4.09. The van der Waals surface area contributed by atoms with Crippen LogP contribution in [0.5, 0.6) is 0 Å². The quantitative estimate of drug-likeness (QED) is 0.655. The van der Waals surface area contributed by atoms with Crippen molar-refractivity contribution in [2.75, 3.05) is 19.5 Å². The van der Waals surface area contributed by atoms with Crippen LogP contribution in [0.15, 0.2) is 29.4 Å². The molecule has 5 heteroatoms. The fourth-order valence-electron chi connectivity index (χ4n) is 2.22. The Balaban J connectivity index is 2.65. The molecule has 1 heterocycles. The highest BCUT2D eigenvalue weighted by atomic mass is 32.2. The van der Waals surface area contributed by atoms with Crippen LogP contribution in [0, 0.1) is 0 Å². The van der Waals surface area contributed by atoms with Crippen LogP contribution < -0.4 is 5.73 Å². The summed E-state index contributed by atoms with van der Waals surface area (Å²) in [6, 6.07) is 8.01. The average Bonchev–Trinajstić information content (AvgIpc) is 2.47. The summed E-state index contributed by atoms with van der Waals surface area (Å²) in [6.45, 7) is 4.59. The Labute approximate surface area is 124 Å². The fraction of sp³-hybridized carbons (Fsp3) is 0.467. The van der Waals surface area contributed by atoms with Crippen LogP contribution in [0.2, 0.25) is 0 Å². The number of nitrogens with zero attached hydrogens (tertiary/aromatic N) is 2. The van der Waals surface area contributed by atoms with Crippen molar-refractivity contribution in [2.24, 2.45) is 5.73 Å². The smallest absolute Gasteiger partial charge is 0.188 e. The normalized spacial score (nSPS) is 14.4. The van der Waals surface area contributed by atoms with Gasteiger partial charge in [-0.05, 0) is 18.2 Å². The van der Waals surface area contributed by atoms with E-state index < -0.39 is 5.54 Å². The summed E-state index contributed by atoms with van der Waals surface area (Å²) >= 11 is 1.63. The van der Waals surface area contributed by atoms with Gasteiger partial charge in [0.05, 0.1) is 23.4 Å². The van der Waals surface area contributed by atoms with Gasteiger partial charge in [0.15, 0.2) is 5.16 Å². The van der Waals surface area contributed by atoms with Crippen molar-refractivity contribution < 1.29 is 4.74 Å². The van der Waals surface area contributed by atoms with Crippen molar-refractivity contribution in [2.45, 2.75) is 31.0 Å². The third kappa shape index (κ3) is 2.95. The number of thioether (sulfide) groups is 1. The second kappa shape index (κ2) is 6.52. The molecule has 0 saturated heterocycles. The molecule has 0 aliphatic heterocycles. The lowest BCUT2D eigenvalue weighted by Gasteiger charge is -2.28. The Morgan fingerprint density at radius 3 is 2.65 bits per heavy atom. The lowest BCUT2D eigenvalue weighted by Crippen LogP contribution is -2.41. The van der Waals surface area contributed by atoms with Crippen LogP contribution in [0.3, 0.4) is 0 Å². The number of hydrogen-bond acceptors (Lipinski definition) is 5. The fourth-order valence-corrected chi connectivity index (χ4v) is 2.80. The van der Waals surface area contributed by atoms with E-state index in [-0.39, 0.29) is 0 Å². The minimum Gasteiger partial charge on any atom is -0.382 e. The molecule has 108 valence electrons. The summed E-state index contributed by atoms with van der Waals surface area (Å²) in [7, 11) is 1.67. The molecule has 0 aliphatic carbocycles. The number of benzene rings is 1. The van der Waals surface area contributed by atoms with Gasteiger partial charge in [-0.1, -0.05) is 43.8 Å². The Kier molecular flexibility index (Phi) is 4.96. The Morgan fingerprint density at radius 1 is 1.25 bits per heavy atom. The van der Waals surface area contributed by atoms with Crippen LogP contribution in [-0.2, 0) is 10.3 Å². The van der Waals surface area contributed by atoms with Crippen LogP contribution in [0.1, 0.15) is 26.0 Å². The molecule has 0 bridgehead atoms. The summed E-state index contributed by atoms with van der Waals surface area (Å²) in [5.74, 6) is 0.936.